The molecular formula is C24H15Br2ClN2O. The molecule has 5 rings (SSSR count). The Balaban J connectivity index is 0.000000158. The Hall–Kier alpha value is -2.47. The summed E-state index contributed by atoms with van der Waals surface area (Å²) in [6, 6.07) is 25.2. The first-order chi connectivity index (χ1) is 14.6. The number of fused-ring (bicyclic) bond motifs is 2. The van der Waals surface area contributed by atoms with Gasteiger partial charge in [0.2, 0.25) is 0 Å². The highest BCUT2D eigenvalue weighted by Crippen LogP contribution is 2.30. The lowest BCUT2D eigenvalue weighted by Gasteiger charge is -2.08. The van der Waals surface area contributed by atoms with Crippen molar-refractivity contribution in [1.82, 2.24) is 9.97 Å². The molecule has 0 amide bonds. The fourth-order valence-electron chi connectivity index (χ4n) is 2.88. The van der Waals surface area contributed by atoms with Crippen LogP contribution in [0.25, 0.3) is 21.8 Å². The topological polar surface area (TPSA) is 35.0 Å². The second-order valence-corrected chi connectivity index (χ2v) is 8.58. The first kappa shape index (κ1) is 20.8. The fraction of sp³-hybridized carbons (Fsp3) is 0. The van der Waals surface area contributed by atoms with Crippen LogP contribution < -0.4 is 4.74 Å². The number of nitrogens with zero attached hydrogens (tertiary/aromatic N) is 2. The molecule has 2 heterocycles. The molecule has 3 aromatic carbocycles. The van der Waals surface area contributed by atoms with E-state index >= 15 is 0 Å². The van der Waals surface area contributed by atoms with Gasteiger partial charge < -0.3 is 4.74 Å². The average molecular weight is 543 g/mol. The molecule has 0 unspecified atom stereocenters. The van der Waals surface area contributed by atoms with E-state index in [1.807, 2.05) is 72.8 Å². The minimum atomic E-state index is 0.737. The molecule has 0 aliphatic rings. The lowest BCUT2D eigenvalue weighted by atomic mass is 10.2. The largest absolute Gasteiger partial charge is 0.457 e. The predicted molar refractivity (Wildman–Crippen MR) is 130 cm³/mol. The van der Waals surface area contributed by atoms with Crippen molar-refractivity contribution in [3.63, 3.8) is 0 Å². The number of ether oxygens (including phenoxy) is 1. The molecule has 30 heavy (non-hydrogen) atoms. The van der Waals surface area contributed by atoms with Crippen molar-refractivity contribution in [3.05, 3.63) is 105 Å². The van der Waals surface area contributed by atoms with Gasteiger partial charge in [-0.15, -0.1) is 0 Å². The van der Waals surface area contributed by atoms with E-state index in [0.717, 1.165) is 47.3 Å². The zero-order valence-corrected chi connectivity index (χ0v) is 19.5. The van der Waals surface area contributed by atoms with E-state index in [2.05, 4.69) is 41.8 Å². The lowest BCUT2D eigenvalue weighted by molar-refractivity contribution is 0.488. The van der Waals surface area contributed by atoms with Crippen LogP contribution in [0.5, 0.6) is 11.5 Å². The number of rotatable bonds is 2. The summed E-state index contributed by atoms with van der Waals surface area (Å²) in [5, 5.41) is 2.71. The Morgan fingerprint density at radius 3 is 1.97 bits per heavy atom. The molecule has 0 radical (unpaired) electrons. The zero-order valence-electron chi connectivity index (χ0n) is 15.6. The summed E-state index contributed by atoms with van der Waals surface area (Å²) in [6.07, 6.45) is 3.47. The molecular weight excluding hydrogens is 528 g/mol. The maximum Gasteiger partial charge on any atom is 0.138 e. The highest BCUT2D eigenvalue weighted by atomic mass is 79.9. The van der Waals surface area contributed by atoms with Gasteiger partial charge in [-0.1, -0.05) is 61.7 Å². The quantitative estimate of drug-likeness (QED) is 0.225. The minimum absolute atomic E-state index is 0.737. The maximum absolute atomic E-state index is 5.97. The van der Waals surface area contributed by atoms with E-state index < -0.39 is 0 Å². The standard InChI is InChI=1S/C15H10BrNO.C9H5BrClN/c16-11-6-7-14-13(10-11)15(8-9-17-14)18-12-4-2-1-3-5-12;10-6-1-2-9-7(5-6)8(11)3-4-12-9/h1-10H;1-5H. The molecule has 0 saturated heterocycles. The molecule has 0 saturated carbocycles. The molecule has 6 heteroatoms. The molecule has 0 N–H and O–H groups in total. The van der Waals surface area contributed by atoms with Crippen LogP contribution in [0, 0.1) is 0 Å². The van der Waals surface area contributed by atoms with E-state index in [4.69, 9.17) is 16.3 Å². The molecule has 0 fully saturated rings. The molecule has 0 atom stereocenters. The second-order valence-electron chi connectivity index (χ2n) is 6.34. The Kier molecular flexibility index (Phi) is 6.62. The summed E-state index contributed by atoms with van der Waals surface area (Å²) in [7, 11) is 0. The molecule has 2 aromatic heterocycles. The van der Waals surface area contributed by atoms with Crippen LogP contribution in [0.4, 0.5) is 0 Å². The zero-order chi connectivity index (χ0) is 20.9. The van der Waals surface area contributed by atoms with Crippen LogP contribution in [0.3, 0.4) is 0 Å². The van der Waals surface area contributed by atoms with E-state index in [9.17, 15) is 0 Å². The normalized spacial score (nSPS) is 10.5. The van der Waals surface area contributed by atoms with Crippen molar-refractivity contribution in [2.75, 3.05) is 0 Å². The van der Waals surface area contributed by atoms with Gasteiger partial charge in [-0.3, -0.25) is 9.97 Å². The summed E-state index contributed by atoms with van der Waals surface area (Å²) >= 11 is 12.8. The van der Waals surface area contributed by atoms with Crippen LogP contribution in [-0.4, -0.2) is 9.97 Å². The third-order valence-corrected chi connectivity index (χ3v) is 5.60. The monoisotopic (exact) mass is 540 g/mol. The van der Waals surface area contributed by atoms with Crippen LogP contribution >= 0.6 is 43.5 Å². The number of hydrogen-bond acceptors (Lipinski definition) is 3. The van der Waals surface area contributed by atoms with E-state index in [-0.39, 0.29) is 0 Å². The number of pyridine rings is 2. The first-order valence-electron chi connectivity index (χ1n) is 9.07. The van der Waals surface area contributed by atoms with Gasteiger partial charge in [0.1, 0.15) is 11.5 Å². The van der Waals surface area contributed by atoms with Crippen LogP contribution in [-0.2, 0) is 0 Å². The van der Waals surface area contributed by atoms with Gasteiger partial charge in [-0.2, -0.15) is 0 Å². The molecule has 5 aromatic rings. The summed E-state index contributed by atoms with van der Waals surface area (Å²) in [5.41, 5.74) is 1.84. The van der Waals surface area contributed by atoms with Crippen molar-refractivity contribution in [3.8, 4) is 11.5 Å². The highest BCUT2D eigenvalue weighted by Gasteiger charge is 2.04. The predicted octanol–water partition coefficient (Wildman–Crippen LogP) is 8.44. The number of aromatic nitrogens is 2. The third-order valence-electron chi connectivity index (χ3n) is 4.28. The van der Waals surface area contributed by atoms with Gasteiger partial charge in [-0.25, -0.2) is 0 Å². The minimum Gasteiger partial charge on any atom is -0.457 e. The van der Waals surface area contributed by atoms with Crippen molar-refractivity contribution >= 4 is 65.3 Å². The van der Waals surface area contributed by atoms with Crippen molar-refractivity contribution in [2.45, 2.75) is 0 Å². The maximum atomic E-state index is 5.97. The molecule has 0 spiro atoms. The van der Waals surface area contributed by atoms with Gasteiger partial charge in [0.05, 0.1) is 16.1 Å². The van der Waals surface area contributed by atoms with Gasteiger partial charge in [0.15, 0.2) is 0 Å². The Morgan fingerprint density at radius 2 is 1.27 bits per heavy atom. The van der Waals surface area contributed by atoms with Gasteiger partial charge in [0, 0.05) is 32.1 Å². The molecule has 0 bridgehead atoms. The number of para-hydroxylation sites is 1. The Bertz CT molecular complexity index is 1310. The number of halogens is 3. The summed E-state index contributed by atoms with van der Waals surface area (Å²) < 4.78 is 7.92. The third kappa shape index (κ3) is 4.98. The highest BCUT2D eigenvalue weighted by molar-refractivity contribution is 9.10. The van der Waals surface area contributed by atoms with Gasteiger partial charge in [0.25, 0.3) is 0 Å². The van der Waals surface area contributed by atoms with Crippen molar-refractivity contribution in [2.24, 2.45) is 0 Å². The van der Waals surface area contributed by atoms with E-state index in [1.54, 1.807) is 18.5 Å². The summed E-state index contributed by atoms with van der Waals surface area (Å²) in [6.45, 7) is 0. The molecule has 0 aliphatic heterocycles. The van der Waals surface area contributed by atoms with E-state index in [0.29, 0.717) is 0 Å². The molecule has 148 valence electrons. The number of benzene rings is 3. The van der Waals surface area contributed by atoms with Crippen molar-refractivity contribution < 1.29 is 4.74 Å². The SMILES string of the molecule is Brc1ccc2nccc(Oc3ccccc3)c2c1.Clc1ccnc2ccc(Br)cc12. The van der Waals surface area contributed by atoms with Crippen LogP contribution in [0.2, 0.25) is 5.02 Å². The Morgan fingerprint density at radius 1 is 0.667 bits per heavy atom. The first-order valence-corrected chi connectivity index (χ1v) is 11.0. The summed E-state index contributed by atoms with van der Waals surface area (Å²) in [4.78, 5) is 8.50. The van der Waals surface area contributed by atoms with E-state index in [1.165, 1.54) is 0 Å². The second kappa shape index (κ2) is 9.56. The Labute approximate surface area is 196 Å². The average Bonchev–Trinajstić information content (AvgIpc) is 2.76. The fourth-order valence-corrected chi connectivity index (χ4v) is 3.81. The smallest absolute Gasteiger partial charge is 0.138 e. The molecule has 3 nitrogen and oxygen atoms in total. The summed E-state index contributed by atoms with van der Waals surface area (Å²) in [5.74, 6) is 1.64. The van der Waals surface area contributed by atoms with Crippen molar-refractivity contribution in [1.29, 1.82) is 0 Å². The van der Waals surface area contributed by atoms with Gasteiger partial charge in [-0.05, 0) is 60.7 Å². The number of hydrogen-bond donors (Lipinski definition) is 0. The van der Waals surface area contributed by atoms with Crippen LogP contribution in [0.15, 0.2) is 100 Å². The molecule has 0 aliphatic carbocycles. The van der Waals surface area contributed by atoms with Gasteiger partial charge >= 0.3 is 0 Å². The lowest BCUT2D eigenvalue weighted by Crippen LogP contribution is -1.87. The van der Waals surface area contributed by atoms with Crippen LogP contribution in [0.1, 0.15) is 0 Å².